The van der Waals surface area contributed by atoms with Gasteiger partial charge in [0.15, 0.2) is 0 Å². The van der Waals surface area contributed by atoms with Crippen LogP contribution in [0, 0.1) is 13.8 Å². The van der Waals surface area contributed by atoms with E-state index in [9.17, 15) is 0 Å². The minimum Gasteiger partial charge on any atom is -0.489 e. The molecule has 0 spiro atoms. The van der Waals surface area contributed by atoms with E-state index in [0.29, 0.717) is 6.61 Å². The molecule has 0 fully saturated rings. The van der Waals surface area contributed by atoms with Crippen LogP contribution < -0.4 is 10.1 Å². The molecule has 1 N–H and O–H groups in total. The maximum absolute atomic E-state index is 6.05. The van der Waals surface area contributed by atoms with Crippen LogP contribution in [0.3, 0.4) is 0 Å². The van der Waals surface area contributed by atoms with Crippen LogP contribution in [0.4, 0.5) is 0 Å². The van der Waals surface area contributed by atoms with Gasteiger partial charge in [-0.2, -0.15) is 5.10 Å². The topological polar surface area (TPSA) is 52.0 Å². The number of aromatic nitrogens is 3. The van der Waals surface area contributed by atoms with Crippen molar-refractivity contribution in [2.45, 2.75) is 46.4 Å². The number of ether oxygens (including phenoxy) is 1. The zero-order chi connectivity index (χ0) is 19.2. The first-order valence-corrected chi connectivity index (χ1v) is 9.43. The molecule has 2 heterocycles. The van der Waals surface area contributed by atoms with Gasteiger partial charge in [0.25, 0.3) is 0 Å². The molecule has 1 aromatic carbocycles. The first-order chi connectivity index (χ1) is 13.1. The third kappa shape index (κ3) is 4.55. The molecule has 0 saturated carbocycles. The standard InChI is InChI=1S/C22H28N4O/c1-5-20(22-16(2)25-26(4)17(22)3)24-14-19-10-6-7-11-21(19)27-15-18-9-8-12-23-13-18/h6-13,20,24H,5,14-15H2,1-4H3. The van der Waals surface area contributed by atoms with Crippen LogP contribution in [0.1, 0.15) is 47.5 Å². The predicted molar refractivity (Wildman–Crippen MR) is 108 cm³/mol. The molecular weight excluding hydrogens is 336 g/mol. The molecule has 5 nitrogen and oxygen atoms in total. The summed E-state index contributed by atoms with van der Waals surface area (Å²) >= 11 is 0. The van der Waals surface area contributed by atoms with Crippen molar-refractivity contribution in [2.75, 3.05) is 0 Å². The van der Waals surface area contributed by atoms with Crippen molar-refractivity contribution in [2.24, 2.45) is 7.05 Å². The van der Waals surface area contributed by atoms with Gasteiger partial charge >= 0.3 is 0 Å². The summed E-state index contributed by atoms with van der Waals surface area (Å²) in [5, 5.41) is 8.25. The number of aryl methyl sites for hydroxylation is 2. The van der Waals surface area contributed by atoms with Crippen LogP contribution >= 0.6 is 0 Å². The molecule has 0 radical (unpaired) electrons. The Morgan fingerprint density at radius 2 is 1.96 bits per heavy atom. The highest BCUT2D eigenvalue weighted by molar-refractivity contribution is 5.34. The average Bonchev–Trinajstić information content (AvgIpc) is 2.95. The zero-order valence-electron chi connectivity index (χ0n) is 16.6. The van der Waals surface area contributed by atoms with Gasteiger partial charge in [-0.25, -0.2) is 0 Å². The summed E-state index contributed by atoms with van der Waals surface area (Å²) in [5.74, 6) is 0.906. The normalized spacial score (nSPS) is 12.1. The number of hydrogen-bond acceptors (Lipinski definition) is 4. The van der Waals surface area contributed by atoms with E-state index in [1.807, 2.05) is 42.2 Å². The second-order valence-electron chi connectivity index (χ2n) is 6.81. The van der Waals surface area contributed by atoms with Crippen LogP contribution in [0.2, 0.25) is 0 Å². The van der Waals surface area contributed by atoms with Crippen molar-refractivity contribution in [1.29, 1.82) is 0 Å². The van der Waals surface area contributed by atoms with E-state index in [-0.39, 0.29) is 6.04 Å². The molecule has 0 aliphatic heterocycles. The largest absolute Gasteiger partial charge is 0.489 e. The Kier molecular flexibility index (Phi) is 6.24. The van der Waals surface area contributed by atoms with Gasteiger partial charge in [-0.15, -0.1) is 0 Å². The molecule has 0 amide bonds. The molecule has 1 atom stereocenters. The molecule has 0 bridgehead atoms. The summed E-state index contributed by atoms with van der Waals surface area (Å²) in [4.78, 5) is 4.14. The Labute approximate surface area is 161 Å². The number of rotatable bonds is 8. The van der Waals surface area contributed by atoms with Crippen LogP contribution in [0.5, 0.6) is 5.75 Å². The van der Waals surface area contributed by atoms with Crippen molar-refractivity contribution in [3.05, 3.63) is 76.9 Å². The van der Waals surface area contributed by atoms with Gasteiger partial charge < -0.3 is 10.1 Å². The first-order valence-electron chi connectivity index (χ1n) is 9.43. The van der Waals surface area contributed by atoms with Crippen molar-refractivity contribution >= 4 is 0 Å². The van der Waals surface area contributed by atoms with E-state index in [4.69, 9.17) is 4.74 Å². The highest BCUT2D eigenvalue weighted by Gasteiger charge is 2.18. The van der Waals surface area contributed by atoms with Crippen LogP contribution in [0.15, 0.2) is 48.8 Å². The monoisotopic (exact) mass is 364 g/mol. The maximum atomic E-state index is 6.05. The molecule has 0 aliphatic rings. The molecule has 0 saturated heterocycles. The Hall–Kier alpha value is -2.66. The minimum absolute atomic E-state index is 0.269. The van der Waals surface area contributed by atoms with E-state index in [1.165, 1.54) is 11.3 Å². The summed E-state index contributed by atoms with van der Waals surface area (Å²) < 4.78 is 8.01. The lowest BCUT2D eigenvalue weighted by Crippen LogP contribution is -2.22. The predicted octanol–water partition coefficient (Wildman–Crippen LogP) is 4.25. The number of pyridine rings is 1. The Morgan fingerprint density at radius 3 is 2.63 bits per heavy atom. The summed E-state index contributed by atoms with van der Waals surface area (Å²) in [6.45, 7) is 7.68. The molecule has 1 unspecified atom stereocenters. The molecule has 142 valence electrons. The van der Waals surface area contributed by atoms with E-state index in [0.717, 1.165) is 35.5 Å². The first kappa shape index (κ1) is 19.1. The van der Waals surface area contributed by atoms with Crippen LogP contribution in [-0.4, -0.2) is 14.8 Å². The van der Waals surface area contributed by atoms with Crippen molar-refractivity contribution in [3.8, 4) is 5.75 Å². The Morgan fingerprint density at radius 1 is 1.15 bits per heavy atom. The minimum atomic E-state index is 0.269. The van der Waals surface area contributed by atoms with E-state index < -0.39 is 0 Å². The van der Waals surface area contributed by atoms with Crippen LogP contribution in [-0.2, 0) is 20.2 Å². The number of nitrogens with zero attached hydrogens (tertiary/aromatic N) is 3. The quantitative estimate of drug-likeness (QED) is 0.649. The molecular formula is C22H28N4O. The molecule has 5 heteroatoms. The fraction of sp³-hybridized carbons (Fsp3) is 0.364. The maximum Gasteiger partial charge on any atom is 0.124 e. The SMILES string of the molecule is CCC(NCc1ccccc1OCc1cccnc1)c1c(C)nn(C)c1C. The number of para-hydroxylation sites is 1. The van der Waals surface area contributed by atoms with E-state index in [1.54, 1.807) is 6.20 Å². The van der Waals surface area contributed by atoms with Gasteiger partial charge in [-0.05, 0) is 32.4 Å². The lowest BCUT2D eigenvalue weighted by Gasteiger charge is -2.19. The van der Waals surface area contributed by atoms with Crippen molar-refractivity contribution in [1.82, 2.24) is 20.1 Å². The van der Waals surface area contributed by atoms with E-state index in [2.05, 4.69) is 48.3 Å². The number of hydrogen-bond donors (Lipinski definition) is 1. The van der Waals surface area contributed by atoms with Crippen LogP contribution in [0.25, 0.3) is 0 Å². The average molecular weight is 364 g/mol. The lowest BCUT2D eigenvalue weighted by atomic mass is 10.0. The summed E-state index contributed by atoms with van der Waals surface area (Å²) in [6.07, 6.45) is 4.61. The summed E-state index contributed by atoms with van der Waals surface area (Å²) in [6, 6.07) is 12.4. The van der Waals surface area contributed by atoms with Gasteiger partial charge in [0.2, 0.25) is 0 Å². The second kappa shape index (κ2) is 8.82. The summed E-state index contributed by atoms with van der Waals surface area (Å²) in [5.41, 5.74) is 5.82. The van der Waals surface area contributed by atoms with Gasteiger partial charge in [0.05, 0.1) is 5.69 Å². The lowest BCUT2D eigenvalue weighted by molar-refractivity contribution is 0.301. The van der Waals surface area contributed by atoms with Gasteiger partial charge in [0, 0.05) is 54.4 Å². The highest BCUT2D eigenvalue weighted by Crippen LogP contribution is 2.26. The smallest absolute Gasteiger partial charge is 0.124 e. The zero-order valence-corrected chi connectivity index (χ0v) is 16.6. The molecule has 0 aliphatic carbocycles. The van der Waals surface area contributed by atoms with Crippen molar-refractivity contribution < 1.29 is 4.74 Å². The third-order valence-electron chi connectivity index (χ3n) is 4.95. The van der Waals surface area contributed by atoms with E-state index >= 15 is 0 Å². The highest BCUT2D eigenvalue weighted by atomic mass is 16.5. The van der Waals surface area contributed by atoms with Gasteiger partial charge in [-0.1, -0.05) is 31.2 Å². The number of nitrogens with one attached hydrogen (secondary N) is 1. The summed E-state index contributed by atoms with van der Waals surface area (Å²) in [7, 11) is 2.00. The number of benzene rings is 1. The Balaban J connectivity index is 1.70. The fourth-order valence-corrected chi connectivity index (χ4v) is 3.41. The fourth-order valence-electron chi connectivity index (χ4n) is 3.41. The van der Waals surface area contributed by atoms with Gasteiger partial charge in [-0.3, -0.25) is 9.67 Å². The Bertz CT molecular complexity index is 873. The molecule has 3 aromatic rings. The third-order valence-corrected chi connectivity index (χ3v) is 4.95. The van der Waals surface area contributed by atoms with Crippen molar-refractivity contribution in [3.63, 3.8) is 0 Å². The second-order valence-corrected chi connectivity index (χ2v) is 6.81. The molecule has 2 aromatic heterocycles. The molecule has 3 rings (SSSR count). The van der Waals surface area contributed by atoms with Gasteiger partial charge in [0.1, 0.15) is 12.4 Å². The molecule has 27 heavy (non-hydrogen) atoms.